The number of hydrogen-bond acceptors (Lipinski definition) is 7. The highest BCUT2D eigenvalue weighted by molar-refractivity contribution is 5.96. The van der Waals surface area contributed by atoms with Crippen LogP contribution in [0.5, 0.6) is 17.2 Å². The third-order valence-corrected chi connectivity index (χ3v) is 4.57. The molecule has 0 bridgehead atoms. The van der Waals surface area contributed by atoms with Gasteiger partial charge in [-0.15, -0.1) is 0 Å². The van der Waals surface area contributed by atoms with Crippen LogP contribution in [-0.2, 0) is 11.3 Å². The number of carbonyl (C=O) groups excluding carboxylic acids is 1. The Morgan fingerprint density at radius 3 is 2.28 bits per heavy atom. The molecule has 0 saturated heterocycles. The molecule has 2 aromatic carbocycles. The van der Waals surface area contributed by atoms with Gasteiger partial charge in [-0.05, 0) is 37.7 Å². The molecule has 0 aliphatic heterocycles. The SMILES string of the molecule is COc1ccc([N+](=O)[O-])cc1NC(=O)C(C)N(C)Cc1ccc(OC)c(OC)c1. The number of nitrogens with zero attached hydrogens (tertiary/aromatic N) is 2. The van der Waals surface area contributed by atoms with Crippen molar-refractivity contribution in [1.29, 1.82) is 0 Å². The lowest BCUT2D eigenvalue weighted by Gasteiger charge is -2.24. The summed E-state index contributed by atoms with van der Waals surface area (Å²) in [5.41, 5.74) is 1.06. The molecule has 0 aliphatic rings. The van der Waals surface area contributed by atoms with Crippen LogP contribution in [0.15, 0.2) is 36.4 Å². The van der Waals surface area contributed by atoms with Gasteiger partial charge in [0.05, 0.1) is 38.0 Å². The number of carbonyl (C=O) groups is 1. The number of nitro benzene ring substituents is 1. The van der Waals surface area contributed by atoms with Crippen molar-refractivity contribution in [1.82, 2.24) is 4.90 Å². The number of non-ortho nitro benzene ring substituents is 1. The summed E-state index contributed by atoms with van der Waals surface area (Å²) in [5, 5.41) is 13.7. The van der Waals surface area contributed by atoms with E-state index in [-0.39, 0.29) is 17.3 Å². The summed E-state index contributed by atoms with van der Waals surface area (Å²) in [7, 11) is 6.38. The largest absolute Gasteiger partial charge is 0.495 e. The number of benzene rings is 2. The van der Waals surface area contributed by atoms with Crippen LogP contribution in [0.2, 0.25) is 0 Å². The summed E-state index contributed by atoms with van der Waals surface area (Å²) in [5.74, 6) is 1.27. The quantitative estimate of drug-likeness (QED) is 0.507. The van der Waals surface area contributed by atoms with Crippen LogP contribution in [0, 0.1) is 10.1 Å². The number of nitro groups is 1. The summed E-state index contributed by atoms with van der Waals surface area (Å²) in [6.45, 7) is 2.24. The molecule has 1 N–H and O–H groups in total. The zero-order valence-electron chi connectivity index (χ0n) is 17.1. The van der Waals surface area contributed by atoms with Gasteiger partial charge in [0.2, 0.25) is 5.91 Å². The molecular weight excluding hydrogens is 378 g/mol. The number of methoxy groups -OCH3 is 3. The first-order chi connectivity index (χ1) is 13.8. The van der Waals surface area contributed by atoms with E-state index < -0.39 is 11.0 Å². The Morgan fingerprint density at radius 2 is 1.69 bits per heavy atom. The Bertz CT molecular complexity index is 887. The topological polar surface area (TPSA) is 103 Å². The van der Waals surface area contributed by atoms with Crippen LogP contribution in [-0.4, -0.2) is 50.1 Å². The number of likely N-dealkylation sites (N-methyl/N-ethyl adjacent to an activating group) is 1. The van der Waals surface area contributed by atoms with Gasteiger partial charge in [-0.1, -0.05) is 6.07 Å². The first-order valence-electron chi connectivity index (χ1n) is 8.85. The predicted octanol–water partition coefficient (Wildman–Crippen LogP) is 3.08. The van der Waals surface area contributed by atoms with Crippen LogP contribution in [0.4, 0.5) is 11.4 Å². The number of ether oxygens (including phenoxy) is 3. The molecule has 29 heavy (non-hydrogen) atoms. The second kappa shape index (κ2) is 9.74. The predicted molar refractivity (Wildman–Crippen MR) is 109 cm³/mol. The molecule has 0 heterocycles. The fraction of sp³-hybridized carbons (Fsp3) is 0.350. The first-order valence-corrected chi connectivity index (χ1v) is 8.85. The molecule has 0 radical (unpaired) electrons. The van der Waals surface area contributed by atoms with Gasteiger partial charge in [0.25, 0.3) is 5.69 Å². The molecule has 2 aromatic rings. The van der Waals surface area contributed by atoms with Crippen molar-refractivity contribution in [2.24, 2.45) is 0 Å². The first kappa shape index (κ1) is 22.0. The monoisotopic (exact) mass is 403 g/mol. The fourth-order valence-corrected chi connectivity index (χ4v) is 2.75. The van der Waals surface area contributed by atoms with E-state index in [9.17, 15) is 14.9 Å². The number of nitrogens with one attached hydrogen (secondary N) is 1. The van der Waals surface area contributed by atoms with E-state index in [2.05, 4.69) is 5.32 Å². The molecule has 9 nitrogen and oxygen atoms in total. The molecule has 1 unspecified atom stereocenters. The van der Waals surface area contributed by atoms with Crippen molar-refractivity contribution in [3.63, 3.8) is 0 Å². The van der Waals surface area contributed by atoms with Gasteiger partial charge in [-0.2, -0.15) is 0 Å². The molecule has 1 atom stereocenters. The van der Waals surface area contributed by atoms with Crippen molar-refractivity contribution in [2.45, 2.75) is 19.5 Å². The Labute approximate surface area is 169 Å². The van der Waals surface area contributed by atoms with E-state index in [0.717, 1.165) is 5.56 Å². The van der Waals surface area contributed by atoms with E-state index in [1.165, 1.54) is 25.3 Å². The van der Waals surface area contributed by atoms with E-state index in [0.29, 0.717) is 23.8 Å². The van der Waals surface area contributed by atoms with Gasteiger partial charge in [0.1, 0.15) is 5.75 Å². The highest BCUT2D eigenvalue weighted by atomic mass is 16.6. The molecule has 0 saturated carbocycles. The average Bonchev–Trinajstić information content (AvgIpc) is 2.72. The Morgan fingerprint density at radius 1 is 1.07 bits per heavy atom. The fourth-order valence-electron chi connectivity index (χ4n) is 2.75. The maximum absolute atomic E-state index is 12.7. The summed E-state index contributed by atoms with van der Waals surface area (Å²) < 4.78 is 15.7. The van der Waals surface area contributed by atoms with Gasteiger partial charge in [0, 0.05) is 18.7 Å². The van der Waals surface area contributed by atoms with E-state index >= 15 is 0 Å². The van der Waals surface area contributed by atoms with Crippen LogP contribution in [0.3, 0.4) is 0 Å². The maximum Gasteiger partial charge on any atom is 0.271 e. The van der Waals surface area contributed by atoms with Crippen LogP contribution in [0.1, 0.15) is 12.5 Å². The lowest BCUT2D eigenvalue weighted by molar-refractivity contribution is -0.384. The van der Waals surface area contributed by atoms with Crippen molar-refractivity contribution in [3.05, 3.63) is 52.1 Å². The van der Waals surface area contributed by atoms with Crippen molar-refractivity contribution < 1.29 is 23.9 Å². The average molecular weight is 403 g/mol. The lowest BCUT2D eigenvalue weighted by atomic mass is 10.1. The smallest absolute Gasteiger partial charge is 0.271 e. The van der Waals surface area contributed by atoms with Crippen molar-refractivity contribution in [2.75, 3.05) is 33.7 Å². The minimum atomic E-state index is -0.526. The van der Waals surface area contributed by atoms with E-state index in [4.69, 9.17) is 14.2 Å². The van der Waals surface area contributed by atoms with Crippen LogP contribution in [0.25, 0.3) is 0 Å². The molecular formula is C20H25N3O6. The van der Waals surface area contributed by atoms with E-state index in [1.54, 1.807) is 27.2 Å². The number of rotatable bonds is 9. The summed E-state index contributed by atoms with van der Waals surface area (Å²) in [4.78, 5) is 25.0. The van der Waals surface area contributed by atoms with Gasteiger partial charge < -0.3 is 19.5 Å². The number of anilines is 1. The third-order valence-electron chi connectivity index (χ3n) is 4.57. The third kappa shape index (κ3) is 5.35. The standard InChI is InChI=1S/C20H25N3O6/c1-13(22(2)12-14-6-8-18(28-4)19(10-14)29-5)20(24)21-16-11-15(23(25)26)7-9-17(16)27-3/h6-11,13H,12H2,1-5H3,(H,21,24). The van der Waals surface area contributed by atoms with Crippen LogP contribution < -0.4 is 19.5 Å². The minimum absolute atomic E-state index is 0.132. The zero-order valence-corrected chi connectivity index (χ0v) is 17.1. The molecule has 0 aromatic heterocycles. The molecule has 0 fully saturated rings. The second-order valence-corrected chi connectivity index (χ2v) is 6.41. The van der Waals surface area contributed by atoms with Crippen LogP contribution >= 0.6 is 0 Å². The van der Waals surface area contributed by atoms with Crippen molar-refractivity contribution >= 4 is 17.3 Å². The zero-order chi connectivity index (χ0) is 21.6. The highest BCUT2D eigenvalue weighted by Crippen LogP contribution is 2.30. The minimum Gasteiger partial charge on any atom is -0.495 e. The lowest BCUT2D eigenvalue weighted by Crippen LogP contribution is -2.39. The van der Waals surface area contributed by atoms with Gasteiger partial charge in [-0.25, -0.2) is 0 Å². The normalized spacial score (nSPS) is 11.7. The Kier molecular flexibility index (Phi) is 7.38. The van der Waals surface area contributed by atoms with Gasteiger partial charge >= 0.3 is 0 Å². The highest BCUT2D eigenvalue weighted by Gasteiger charge is 2.21. The second-order valence-electron chi connectivity index (χ2n) is 6.41. The molecule has 0 spiro atoms. The van der Waals surface area contributed by atoms with Gasteiger partial charge in [-0.3, -0.25) is 19.8 Å². The molecule has 2 rings (SSSR count). The maximum atomic E-state index is 12.7. The molecule has 1 amide bonds. The summed E-state index contributed by atoms with van der Waals surface area (Å²) >= 11 is 0. The Hall–Kier alpha value is -3.33. The number of hydrogen-bond donors (Lipinski definition) is 1. The van der Waals surface area contributed by atoms with E-state index in [1.807, 2.05) is 24.1 Å². The summed E-state index contributed by atoms with van der Waals surface area (Å²) in [6.07, 6.45) is 0. The molecule has 156 valence electrons. The number of amides is 1. The van der Waals surface area contributed by atoms with Crippen molar-refractivity contribution in [3.8, 4) is 17.2 Å². The molecule has 9 heteroatoms. The van der Waals surface area contributed by atoms with Gasteiger partial charge in [0.15, 0.2) is 11.5 Å². The summed E-state index contributed by atoms with van der Waals surface area (Å²) in [6, 6.07) is 9.09. The molecule has 0 aliphatic carbocycles. The Balaban J connectivity index is 2.12.